The minimum Gasteiger partial charge on any atom is -0.320 e. The molecule has 0 saturated heterocycles. The van der Waals surface area contributed by atoms with Crippen LogP contribution in [-0.4, -0.2) is 34.9 Å². The quantitative estimate of drug-likeness (QED) is 0.536. The van der Waals surface area contributed by atoms with Crippen molar-refractivity contribution < 1.29 is 30.8 Å². The molecule has 0 spiro atoms. The van der Waals surface area contributed by atoms with Crippen molar-refractivity contribution in [3.8, 4) is 5.69 Å². The van der Waals surface area contributed by atoms with Crippen LogP contribution in [0, 0.1) is 5.82 Å². The van der Waals surface area contributed by atoms with Crippen LogP contribution in [0.1, 0.15) is 37.0 Å². The highest BCUT2D eigenvalue weighted by molar-refractivity contribution is 7.89. The number of nitrogens with one attached hydrogen (secondary N) is 2. The maximum atomic E-state index is 13.7. The summed E-state index contributed by atoms with van der Waals surface area (Å²) in [5, 5.41) is 8.97. The number of sulfonamides is 1. The van der Waals surface area contributed by atoms with Crippen LogP contribution in [-0.2, 0) is 16.2 Å². The molecule has 0 fully saturated rings. The van der Waals surface area contributed by atoms with Gasteiger partial charge in [-0.1, -0.05) is 11.3 Å². The van der Waals surface area contributed by atoms with Gasteiger partial charge in [0.1, 0.15) is 5.82 Å². The second-order valence-corrected chi connectivity index (χ2v) is 9.69. The Labute approximate surface area is 186 Å². The van der Waals surface area contributed by atoms with E-state index in [-0.39, 0.29) is 16.3 Å². The Bertz CT molecular complexity index is 1280. The number of hydrogen-bond donors (Lipinski definition) is 2. The third kappa shape index (κ3) is 5.73. The fourth-order valence-electron chi connectivity index (χ4n) is 2.85. The minimum absolute atomic E-state index is 0.0683. The number of alkyl halides is 3. The van der Waals surface area contributed by atoms with Gasteiger partial charge in [0.2, 0.25) is 10.0 Å². The summed E-state index contributed by atoms with van der Waals surface area (Å²) in [6.45, 7) is 4.91. The molecule has 1 aromatic heterocycles. The van der Waals surface area contributed by atoms with Crippen molar-refractivity contribution in [3.63, 3.8) is 0 Å². The van der Waals surface area contributed by atoms with E-state index in [4.69, 9.17) is 0 Å². The van der Waals surface area contributed by atoms with Gasteiger partial charge in [0.25, 0.3) is 5.91 Å². The maximum Gasteiger partial charge on any atom is 0.435 e. The molecule has 0 saturated carbocycles. The van der Waals surface area contributed by atoms with Gasteiger partial charge >= 0.3 is 6.18 Å². The average molecular weight is 485 g/mol. The van der Waals surface area contributed by atoms with Crippen LogP contribution in [0.15, 0.2) is 53.4 Å². The highest BCUT2D eigenvalue weighted by Gasteiger charge is 2.42. The lowest BCUT2D eigenvalue weighted by Gasteiger charge is -2.20. The highest BCUT2D eigenvalue weighted by Crippen LogP contribution is 2.33. The molecule has 33 heavy (non-hydrogen) atoms. The van der Waals surface area contributed by atoms with E-state index in [1.54, 1.807) is 20.8 Å². The van der Waals surface area contributed by atoms with Crippen LogP contribution >= 0.6 is 0 Å². The molecule has 3 aromatic rings. The number of rotatable bonds is 5. The second kappa shape index (κ2) is 8.56. The lowest BCUT2D eigenvalue weighted by molar-refractivity contribution is -0.143. The average Bonchev–Trinajstić information content (AvgIpc) is 3.13. The number of anilines is 1. The number of carbonyl (C=O) groups is 1. The largest absolute Gasteiger partial charge is 0.435 e. The summed E-state index contributed by atoms with van der Waals surface area (Å²) in [6.07, 6.45) is -5.02. The van der Waals surface area contributed by atoms with E-state index in [2.05, 4.69) is 20.4 Å². The smallest absolute Gasteiger partial charge is 0.320 e. The molecule has 0 radical (unpaired) electrons. The SMILES string of the molecule is CC(C)(C)NS(=O)(=O)c1cccc(NC(=O)c2nnn(-c3ccc(F)cc3)c2C(F)(F)F)c1. The van der Waals surface area contributed by atoms with Crippen molar-refractivity contribution >= 4 is 21.6 Å². The fraction of sp³-hybridized carbons (Fsp3) is 0.250. The lowest BCUT2D eigenvalue weighted by atomic mass is 10.1. The van der Waals surface area contributed by atoms with Crippen LogP contribution < -0.4 is 10.0 Å². The molecule has 176 valence electrons. The van der Waals surface area contributed by atoms with Crippen molar-refractivity contribution in [2.45, 2.75) is 37.4 Å². The van der Waals surface area contributed by atoms with E-state index in [9.17, 15) is 30.8 Å². The van der Waals surface area contributed by atoms with Crippen LogP contribution in [0.25, 0.3) is 5.69 Å². The van der Waals surface area contributed by atoms with Gasteiger partial charge < -0.3 is 5.32 Å². The summed E-state index contributed by atoms with van der Waals surface area (Å²) in [7, 11) is -3.95. The molecule has 0 aliphatic heterocycles. The molecule has 2 N–H and O–H groups in total. The zero-order valence-corrected chi connectivity index (χ0v) is 18.4. The van der Waals surface area contributed by atoms with E-state index >= 15 is 0 Å². The predicted octanol–water partition coefficient (Wildman–Crippen LogP) is 3.75. The summed E-state index contributed by atoms with van der Waals surface area (Å²) < 4.78 is 82.2. The number of nitrogens with zero attached hydrogens (tertiary/aromatic N) is 3. The number of benzene rings is 2. The van der Waals surface area contributed by atoms with Crippen molar-refractivity contribution in [1.29, 1.82) is 0 Å². The molecule has 8 nitrogen and oxygen atoms in total. The zero-order valence-electron chi connectivity index (χ0n) is 17.6. The predicted molar refractivity (Wildman–Crippen MR) is 111 cm³/mol. The monoisotopic (exact) mass is 485 g/mol. The van der Waals surface area contributed by atoms with E-state index in [1.807, 2.05) is 0 Å². The second-order valence-electron chi connectivity index (χ2n) is 8.01. The molecule has 0 aliphatic carbocycles. The first-order chi connectivity index (χ1) is 15.2. The Morgan fingerprint density at radius 3 is 2.24 bits per heavy atom. The lowest BCUT2D eigenvalue weighted by Crippen LogP contribution is -2.40. The van der Waals surface area contributed by atoms with Crippen molar-refractivity contribution in [2.24, 2.45) is 0 Å². The molecule has 1 amide bonds. The first kappa shape index (κ1) is 24.3. The molecular formula is C20H19F4N5O3S. The van der Waals surface area contributed by atoms with Crippen molar-refractivity contribution in [2.75, 3.05) is 5.32 Å². The Kier molecular flexibility index (Phi) is 6.31. The van der Waals surface area contributed by atoms with Gasteiger partial charge in [0, 0.05) is 11.2 Å². The first-order valence-electron chi connectivity index (χ1n) is 9.42. The molecule has 0 bridgehead atoms. The van der Waals surface area contributed by atoms with Gasteiger partial charge in [0.15, 0.2) is 11.4 Å². The Morgan fingerprint density at radius 1 is 1.03 bits per heavy atom. The summed E-state index contributed by atoms with van der Waals surface area (Å²) in [4.78, 5) is 12.4. The van der Waals surface area contributed by atoms with E-state index in [0.717, 1.165) is 30.3 Å². The van der Waals surface area contributed by atoms with Crippen LogP contribution in [0.5, 0.6) is 0 Å². The topological polar surface area (TPSA) is 106 Å². The van der Waals surface area contributed by atoms with Gasteiger partial charge in [-0.3, -0.25) is 4.79 Å². The van der Waals surface area contributed by atoms with E-state index < -0.39 is 44.9 Å². The van der Waals surface area contributed by atoms with Crippen LogP contribution in [0.4, 0.5) is 23.2 Å². The number of amides is 1. The molecule has 3 rings (SSSR count). The van der Waals surface area contributed by atoms with Crippen LogP contribution in [0.3, 0.4) is 0 Å². The fourth-order valence-corrected chi connectivity index (χ4v) is 4.31. The van der Waals surface area contributed by atoms with Gasteiger partial charge in [-0.15, -0.1) is 5.10 Å². The number of hydrogen-bond acceptors (Lipinski definition) is 5. The van der Waals surface area contributed by atoms with Crippen molar-refractivity contribution in [3.05, 3.63) is 65.7 Å². The van der Waals surface area contributed by atoms with Crippen molar-refractivity contribution in [1.82, 2.24) is 19.7 Å². The third-order valence-corrected chi connectivity index (χ3v) is 5.82. The molecular weight excluding hydrogens is 466 g/mol. The maximum absolute atomic E-state index is 13.7. The minimum atomic E-state index is -5.02. The summed E-state index contributed by atoms with van der Waals surface area (Å²) in [5.74, 6) is -1.92. The summed E-state index contributed by atoms with van der Waals surface area (Å²) >= 11 is 0. The molecule has 0 atom stereocenters. The molecule has 0 unspecified atom stereocenters. The van der Waals surface area contributed by atoms with E-state index in [1.165, 1.54) is 18.2 Å². The Balaban J connectivity index is 1.95. The zero-order chi connectivity index (χ0) is 24.6. The Hall–Kier alpha value is -3.32. The van der Waals surface area contributed by atoms with Gasteiger partial charge in [-0.25, -0.2) is 22.2 Å². The standard InChI is InChI=1S/C20H19F4N5O3S/c1-19(2,3)27-33(31,32)15-6-4-5-13(11-15)25-18(30)16-17(20(22,23)24)29(28-26-16)14-9-7-12(21)8-10-14/h4-11,27H,1-3H3,(H,25,30). The Morgan fingerprint density at radius 2 is 1.67 bits per heavy atom. The molecule has 2 aromatic carbocycles. The van der Waals surface area contributed by atoms with Gasteiger partial charge in [0.05, 0.1) is 10.6 Å². The van der Waals surface area contributed by atoms with E-state index in [0.29, 0.717) is 4.68 Å². The molecule has 1 heterocycles. The number of carbonyl (C=O) groups excluding carboxylic acids is 1. The van der Waals surface area contributed by atoms with Gasteiger partial charge in [-0.2, -0.15) is 13.2 Å². The molecule has 0 aliphatic rings. The molecule has 13 heteroatoms. The van der Waals surface area contributed by atoms with Crippen LogP contribution in [0.2, 0.25) is 0 Å². The number of halogens is 4. The van der Waals surface area contributed by atoms with Gasteiger partial charge in [-0.05, 0) is 63.2 Å². The summed E-state index contributed by atoms with van der Waals surface area (Å²) in [6, 6.07) is 9.00. The third-order valence-electron chi connectivity index (χ3n) is 4.07. The normalized spacial score (nSPS) is 12.6. The first-order valence-corrected chi connectivity index (χ1v) is 10.9. The summed E-state index contributed by atoms with van der Waals surface area (Å²) in [5.41, 5.74) is -3.51. The number of aromatic nitrogens is 3. The highest BCUT2D eigenvalue weighted by atomic mass is 32.2.